The number of nitrogens with zero attached hydrogens (tertiary/aromatic N) is 3. The Balaban J connectivity index is 1.63. The fourth-order valence-electron chi connectivity index (χ4n) is 3.76. The Morgan fingerprint density at radius 2 is 1.90 bits per heavy atom. The first-order valence-corrected chi connectivity index (χ1v) is 11.7. The van der Waals surface area contributed by atoms with E-state index in [0.29, 0.717) is 11.0 Å². The number of nitrogens with one attached hydrogen (secondary N) is 2. The zero-order valence-corrected chi connectivity index (χ0v) is 19.0. The van der Waals surface area contributed by atoms with Crippen LogP contribution in [-0.4, -0.2) is 38.4 Å². The molecule has 0 saturated heterocycles. The van der Waals surface area contributed by atoms with Gasteiger partial charge in [0, 0.05) is 13.1 Å². The van der Waals surface area contributed by atoms with Gasteiger partial charge in [-0.2, -0.15) is 0 Å². The first-order valence-electron chi connectivity index (χ1n) is 10.7. The Labute approximate surface area is 186 Å². The molecular weight excluding hydrogens is 417 g/mol. The van der Waals surface area contributed by atoms with Gasteiger partial charge in [-0.05, 0) is 30.9 Å². The normalized spacial score (nSPS) is 15.6. The molecule has 3 rings (SSSR count). The van der Waals surface area contributed by atoms with Gasteiger partial charge in [0.05, 0.1) is 17.4 Å². The third-order valence-electron chi connectivity index (χ3n) is 5.52. The van der Waals surface area contributed by atoms with Gasteiger partial charge in [-0.1, -0.05) is 57.0 Å². The monoisotopic (exact) mass is 447 g/mol. The average Bonchev–Trinajstić information content (AvgIpc) is 3.11. The topological polar surface area (TPSA) is 88.9 Å². The van der Waals surface area contributed by atoms with Crippen LogP contribution in [0.1, 0.15) is 68.2 Å². The predicted molar refractivity (Wildman–Crippen MR) is 118 cm³/mol. The van der Waals surface area contributed by atoms with Crippen LogP contribution < -0.4 is 10.6 Å². The van der Waals surface area contributed by atoms with Gasteiger partial charge in [-0.3, -0.25) is 9.59 Å². The molecule has 0 aliphatic heterocycles. The minimum atomic E-state index is -0.569. The standard InChI is InChI=1S/C22H30FN5O2S/c1-14(2)19(25-21(30)16-11-7-8-12-17(16)23)20-26-27-22(28(20)3)31-13-18(29)24-15-9-5-4-6-10-15/h7-8,11-12,14-15,19H,4-6,9-10,13H2,1-3H3,(H,24,29)(H,25,30). The molecule has 1 atom stereocenters. The Morgan fingerprint density at radius 1 is 1.19 bits per heavy atom. The molecule has 2 N–H and O–H groups in total. The molecule has 1 aliphatic rings. The number of hydrogen-bond donors (Lipinski definition) is 2. The van der Waals surface area contributed by atoms with E-state index in [9.17, 15) is 14.0 Å². The molecule has 1 aromatic heterocycles. The van der Waals surface area contributed by atoms with Crippen LogP contribution in [-0.2, 0) is 11.8 Å². The molecule has 1 fully saturated rings. The Morgan fingerprint density at radius 3 is 2.58 bits per heavy atom. The van der Waals surface area contributed by atoms with E-state index in [4.69, 9.17) is 0 Å². The van der Waals surface area contributed by atoms with E-state index in [0.717, 1.165) is 12.8 Å². The second kappa shape index (κ2) is 10.7. The highest BCUT2D eigenvalue weighted by atomic mass is 32.2. The summed E-state index contributed by atoms with van der Waals surface area (Å²) in [7, 11) is 1.81. The number of hydrogen-bond acceptors (Lipinski definition) is 5. The maximum Gasteiger partial charge on any atom is 0.254 e. The highest BCUT2D eigenvalue weighted by Gasteiger charge is 2.26. The third kappa shape index (κ3) is 6.06. The van der Waals surface area contributed by atoms with Gasteiger partial charge in [-0.15, -0.1) is 10.2 Å². The van der Waals surface area contributed by atoms with E-state index in [-0.39, 0.29) is 29.2 Å². The van der Waals surface area contributed by atoms with Crippen molar-refractivity contribution in [2.75, 3.05) is 5.75 Å². The maximum absolute atomic E-state index is 14.0. The Kier molecular flexibility index (Phi) is 8.06. The zero-order valence-electron chi connectivity index (χ0n) is 18.2. The van der Waals surface area contributed by atoms with Gasteiger partial charge in [0.1, 0.15) is 5.82 Å². The van der Waals surface area contributed by atoms with E-state index in [1.165, 1.54) is 43.2 Å². The van der Waals surface area contributed by atoms with E-state index < -0.39 is 17.8 Å². The molecule has 9 heteroatoms. The number of aromatic nitrogens is 3. The lowest BCUT2D eigenvalue weighted by molar-refractivity contribution is -0.119. The van der Waals surface area contributed by atoms with Crippen molar-refractivity contribution in [3.8, 4) is 0 Å². The molecule has 0 spiro atoms. The van der Waals surface area contributed by atoms with Gasteiger partial charge in [0.15, 0.2) is 11.0 Å². The van der Waals surface area contributed by atoms with Crippen molar-refractivity contribution in [1.29, 1.82) is 0 Å². The molecule has 1 saturated carbocycles. The summed E-state index contributed by atoms with van der Waals surface area (Å²) >= 11 is 1.32. The summed E-state index contributed by atoms with van der Waals surface area (Å²) in [6, 6.07) is 5.70. The summed E-state index contributed by atoms with van der Waals surface area (Å²) in [5, 5.41) is 15.0. The fraction of sp³-hybridized carbons (Fsp3) is 0.545. The Hall–Kier alpha value is -2.42. The SMILES string of the molecule is CC(C)C(NC(=O)c1ccccc1F)c1nnc(SCC(=O)NC2CCCCC2)n1C. The van der Waals surface area contributed by atoms with E-state index >= 15 is 0 Å². The smallest absolute Gasteiger partial charge is 0.254 e. The van der Waals surface area contributed by atoms with E-state index in [1.807, 2.05) is 13.8 Å². The number of carbonyl (C=O) groups is 2. The summed E-state index contributed by atoms with van der Waals surface area (Å²) < 4.78 is 15.8. The summed E-state index contributed by atoms with van der Waals surface area (Å²) in [4.78, 5) is 24.9. The third-order valence-corrected chi connectivity index (χ3v) is 6.54. The van der Waals surface area contributed by atoms with Gasteiger partial charge < -0.3 is 15.2 Å². The number of carbonyl (C=O) groups excluding carboxylic acids is 2. The first kappa shape index (κ1) is 23.2. The molecule has 168 valence electrons. The van der Waals surface area contributed by atoms with Crippen LogP contribution in [0.5, 0.6) is 0 Å². The lowest BCUT2D eigenvalue weighted by atomic mass is 9.95. The summed E-state index contributed by atoms with van der Waals surface area (Å²) in [6.07, 6.45) is 5.66. The van der Waals surface area contributed by atoms with Crippen molar-refractivity contribution < 1.29 is 14.0 Å². The number of amides is 2. The lowest BCUT2D eigenvalue weighted by Gasteiger charge is -2.22. The average molecular weight is 448 g/mol. The molecule has 1 heterocycles. The van der Waals surface area contributed by atoms with Gasteiger partial charge in [-0.25, -0.2) is 4.39 Å². The van der Waals surface area contributed by atoms with Crippen molar-refractivity contribution in [2.24, 2.45) is 13.0 Å². The number of halogens is 1. The summed E-state index contributed by atoms with van der Waals surface area (Å²) in [5.41, 5.74) is -0.00991. The highest BCUT2D eigenvalue weighted by molar-refractivity contribution is 7.99. The number of benzene rings is 1. The van der Waals surface area contributed by atoms with Gasteiger partial charge >= 0.3 is 0 Å². The number of thioether (sulfide) groups is 1. The van der Waals surface area contributed by atoms with Crippen molar-refractivity contribution in [3.05, 3.63) is 41.5 Å². The largest absolute Gasteiger partial charge is 0.353 e. The molecule has 2 amide bonds. The van der Waals surface area contributed by atoms with Crippen molar-refractivity contribution in [2.45, 2.75) is 63.2 Å². The number of rotatable bonds is 8. The van der Waals surface area contributed by atoms with E-state index in [2.05, 4.69) is 20.8 Å². The van der Waals surface area contributed by atoms with Crippen LogP contribution >= 0.6 is 11.8 Å². The second-order valence-corrected chi connectivity index (χ2v) is 9.21. The molecule has 0 radical (unpaired) electrons. The highest BCUT2D eigenvalue weighted by Crippen LogP contribution is 2.25. The fourth-order valence-corrected chi connectivity index (χ4v) is 4.49. The van der Waals surface area contributed by atoms with Crippen molar-refractivity contribution in [1.82, 2.24) is 25.4 Å². The van der Waals surface area contributed by atoms with Crippen LogP contribution in [0.4, 0.5) is 4.39 Å². The van der Waals surface area contributed by atoms with Crippen LogP contribution in [0, 0.1) is 11.7 Å². The van der Waals surface area contributed by atoms with Crippen LogP contribution in [0.15, 0.2) is 29.4 Å². The van der Waals surface area contributed by atoms with Gasteiger partial charge in [0.2, 0.25) is 5.91 Å². The minimum absolute atomic E-state index is 0.00489. The van der Waals surface area contributed by atoms with Crippen LogP contribution in [0.3, 0.4) is 0 Å². The van der Waals surface area contributed by atoms with Crippen molar-refractivity contribution >= 4 is 23.6 Å². The molecule has 2 aromatic rings. The Bertz CT molecular complexity index is 911. The zero-order chi connectivity index (χ0) is 22.4. The maximum atomic E-state index is 14.0. The minimum Gasteiger partial charge on any atom is -0.353 e. The molecule has 1 unspecified atom stereocenters. The predicted octanol–water partition coefficient (Wildman–Crippen LogP) is 3.62. The summed E-state index contributed by atoms with van der Waals surface area (Å²) in [6.45, 7) is 3.90. The molecule has 31 heavy (non-hydrogen) atoms. The quantitative estimate of drug-likeness (QED) is 0.604. The van der Waals surface area contributed by atoms with E-state index in [1.54, 1.807) is 23.7 Å². The molecular formula is C22H30FN5O2S. The lowest BCUT2D eigenvalue weighted by Crippen LogP contribution is -2.37. The molecule has 7 nitrogen and oxygen atoms in total. The van der Waals surface area contributed by atoms with Crippen molar-refractivity contribution in [3.63, 3.8) is 0 Å². The van der Waals surface area contributed by atoms with Crippen LogP contribution in [0.25, 0.3) is 0 Å². The van der Waals surface area contributed by atoms with Crippen LogP contribution in [0.2, 0.25) is 0 Å². The second-order valence-electron chi connectivity index (χ2n) is 8.27. The molecule has 1 aliphatic carbocycles. The molecule has 1 aromatic carbocycles. The first-order chi connectivity index (χ1) is 14.9. The summed E-state index contributed by atoms with van der Waals surface area (Å²) in [5.74, 6) is -0.242. The molecule has 0 bridgehead atoms. The van der Waals surface area contributed by atoms with Gasteiger partial charge in [0.25, 0.3) is 5.91 Å².